The molecule has 2 aromatic heterocycles. The largest absolute Gasteiger partial charge is 0.468 e. The molecule has 0 aliphatic carbocycles. The van der Waals surface area contributed by atoms with Crippen molar-refractivity contribution in [1.29, 1.82) is 0 Å². The SMILES string of the molecule is CCCNCc1coc(CN2CCc3sccc3C2C)c1. The Morgan fingerprint density at radius 3 is 3.24 bits per heavy atom. The van der Waals surface area contributed by atoms with E-state index in [9.17, 15) is 0 Å². The predicted molar refractivity (Wildman–Crippen MR) is 87.6 cm³/mol. The quantitative estimate of drug-likeness (QED) is 0.819. The number of thiophene rings is 1. The summed E-state index contributed by atoms with van der Waals surface area (Å²) in [6.45, 7) is 8.48. The van der Waals surface area contributed by atoms with Gasteiger partial charge in [0.25, 0.3) is 0 Å². The Bertz CT molecular complexity index is 575. The first kappa shape index (κ1) is 14.8. The first-order valence-corrected chi connectivity index (χ1v) is 8.73. The van der Waals surface area contributed by atoms with Crippen LogP contribution in [0.1, 0.15) is 48.1 Å². The van der Waals surface area contributed by atoms with E-state index < -0.39 is 0 Å². The molecule has 0 fully saturated rings. The topological polar surface area (TPSA) is 28.4 Å². The Hall–Kier alpha value is -1.10. The molecule has 2 aromatic rings. The van der Waals surface area contributed by atoms with Gasteiger partial charge in [0.1, 0.15) is 5.76 Å². The highest BCUT2D eigenvalue weighted by Gasteiger charge is 2.25. The second-order valence-corrected chi connectivity index (χ2v) is 6.79. The molecule has 1 aliphatic heterocycles. The zero-order valence-electron chi connectivity index (χ0n) is 12.9. The van der Waals surface area contributed by atoms with Gasteiger partial charge in [0.05, 0.1) is 12.8 Å². The van der Waals surface area contributed by atoms with E-state index in [1.165, 1.54) is 24.0 Å². The van der Waals surface area contributed by atoms with Gasteiger partial charge < -0.3 is 9.73 Å². The van der Waals surface area contributed by atoms with Crippen molar-refractivity contribution in [2.45, 2.75) is 45.8 Å². The summed E-state index contributed by atoms with van der Waals surface area (Å²) >= 11 is 1.89. The summed E-state index contributed by atoms with van der Waals surface area (Å²) in [5.74, 6) is 1.08. The van der Waals surface area contributed by atoms with Gasteiger partial charge in [-0.2, -0.15) is 0 Å². The molecule has 1 N–H and O–H groups in total. The Labute approximate surface area is 131 Å². The lowest BCUT2D eigenvalue weighted by atomic mass is 10.0. The first-order valence-electron chi connectivity index (χ1n) is 7.85. The van der Waals surface area contributed by atoms with Gasteiger partial charge in [0.2, 0.25) is 0 Å². The summed E-state index contributed by atoms with van der Waals surface area (Å²) in [5.41, 5.74) is 2.75. The van der Waals surface area contributed by atoms with Crippen molar-refractivity contribution in [3.05, 3.63) is 45.5 Å². The Morgan fingerprint density at radius 2 is 2.38 bits per heavy atom. The summed E-state index contributed by atoms with van der Waals surface area (Å²) in [6.07, 6.45) is 4.23. The molecule has 1 atom stereocenters. The van der Waals surface area contributed by atoms with E-state index in [1.807, 2.05) is 17.6 Å². The molecule has 21 heavy (non-hydrogen) atoms. The van der Waals surface area contributed by atoms with Crippen LogP contribution in [0.2, 0.25) is 0 Å². The van der Waals surface area contributed by atoms with Crippen LogP contribution in [0.15, 0.2) is 28.2 Å². The zero-order chi connectivity index (χ0) is 14.7. The van der Waals surface area contributed by atoms with Crippen LogP contribution < -0.4 is 5.32 Å². The van der Waals surface area contributed by atoms with E-state index in [2.05, 4.69) is 41.6 Å². The molecule has 1 unspecified atom stereocenters. The molecule has 0 saturated heterocycles. The van der Waals surface area contributed by atoms with E-state index in [-0.39, 0.29) is 0 Å². The Kier molecular flexibility index (Phi) is 4.78. The van der Waals surface area contributed by atoms with Crippen LogP contribution in [-0.4, -0.2) is 18.0 Å². The normalized spacial score (nSPS) is 18.9. The van der Waals surface area contributed by atoms with Crippen LogP contribution in [0, 0.1) is 0 Å². The van der Waals surface area contributed by atoms with Crippen molar-refractivity contribution in [2.75, 3.05) is 13.1 Å². The maximum Gasteiger partial charge on any atom is 0.118 e. The van der Waals surface area contributed by atoms with Gasteiger partial charge in [-0.05, 0) is 49.4 Å². The molecule has 0 bridgehead atoms. The molecular weight excluding hydrogens is 280 g/mol. The monoisotopic (exact) mass is 304 g/mol. The van der Waals surface area contributed by atoms with Crippen molar-refractivity contribution in [3.8, 4) is 0 Å². The molecule has 0 saturated carbocycles. The smallest absolute Gasteiger partial charge is 0.118 e. The van der Waals surface area contributed by atoms with E-state index in [0.29, 0.717) is 6.04 Å². The molecule has 114 valence electrons. The molecule has 3 heterocycles. The van der Waals surface area contributed by atoms with Gasteiger partial charge in [-0.3, -0.25) is 4.90 Å². The molecule has 0 aromatic carbocycles. The van der Waals surface area contributed by atoms with Gasteiger partial charge >= 0.3 is 0 Å². The summed E-state index contributed by atoms with van der Waals surface area (Å²) in [7, 11) is 0. The lowest BCUT2D eigenvalue weighted by Crippen LogP contribution is -2.32. The number of rotatable bonds is 6. The molecule has 3 rings (SSSR count). The van der Waals surface area contributed by atoms with Crippen molar-refractivity contribution in [1.82, 2.24) is 10.2 Å². The fraction of sp³-hybridized carbons (Fsp3) is 0.529. The third-order valence-corrected chi connectivity index (χ3v) is 5.22. The van der Waals surface area contributed by atoms with Crippen LogP contribution in [0.25, 0.3) is 0 Å². The molecular formula is C17H24N2OS. The summed E-state index contributed by atoms with van der Waals surface area (Å²) in [6, 6.07) is 4.96. The molecule has 3 nitrogen and oxygen atoms in total. The lowest BCUT2D eigenvalue weighted by molar-refractivity contribution is 0.177. The average Bonchev–Trinajstić information content (AvgIpc) is 3.12. The number of nitrogens with zero attached hydrogens (tertiary/aromatic N) is 1. The third-order valence-electron chi connectivity index (χ3n) is 4.23. The van der Waals surface area contributed by atoms with Crippen LogP contribution in [0.5, 0.6) is 0 Å². The highest BCUT2D eigenvalue weighted by molar-refractivity contribution is 7.10. The lowest BCUT2D eigenvalue weighted by Gasteiger charge is -2.32. The number of furan rings is 1. The standard InChI is InChI=1S/C17H24N2OS/c1-3-6-18-10-14-9-15(20-12-14)11-19-7-4-17-16(13(19)2)5-8-21-17/h5,8-9,12-13,18H,3-4,6-7,10-11H2,1-2H3. The Morgan fingerprint density at radius 1 is 1.48 bits per heavy atom. The van der Waals surface area contributed by atoms with Crippen LogP contribution in [0.3, 0.4) is 0 Å². The maximum atomic E-state index is 5.74. The zero-order valence-corrected chi connectivity index (χ0v) is 13.7. The molecule has 0 amide bonds. The van der Waals surface area contributed by atoms with Crippen LogP contribution in [0.4, 0.5) is 0 Å². The molecule has 1 aliphatic rings. The van der Waals surface area contributed by atoms with Crippen LogP contribution >= 0.6 is 11.3 Å². The first-order chi connectivity index (χ1) is 10.3. The molecule has 4 heteroatoms. The van der Waals surface area contributed by atoms with E-state index in [0.717, 1.165) is 31.9 Å². The van der Waals surface area contributed by atoms with Crippen LogP contribution in [-0.2, 0) is 19.5 Å². The minimum Gasteiger partial charge on any atom is -0.468 e. The summed E-state index contributed by atoms with van der Waals surface area (Å²) in [4.78, 5) is 4.07. The van der Waals surface area contributed by atoms with E-state index in [1.54, 1.807) is 4.88 Å². The van der Waals surface area contributed by atoms with Gasteiger partial charge in [-0.15, -0.1) is 11.3 Å². The van der Waals surface area contributed by atoms with Gasteiger partial charge in [-0.25, -0.2) is 0 Å². The second-order valence-electron chi connectivity index (χ2n) is 5.79. The minimum atomic E-state index is 0.492. The minimum absolute atomic E-state index is 0.492. The van der Waals surface area contributed by atoms with Gasteiger partial charge in [0, 0.05) is 29.6 Å². The van der Waals surface area contributed by atoms with Crippen molar-refractivity contribution < 1.29 is 4.42 Å². The molecule has 0 spiro atoms. The summed E-state index contributed by atoms with van der Waals surface area (Å²) < 4.78 is 5.74. The van der Waals surface area contributed by atoms with E-state index in [4.69, 9.17) is 4.42 Å². The highest BCUT2D eigenvalue weighted by atomic mass is 32.1. The van der Waals surface area contributed by atoms with E-state index >= 15 is 0 Å². The second kappa shape index (κ2) is 6.77. The van der Waals surface area contributed by atoms with Gasteiger partial charge in [-0.1, -0.05) is 6.92 Å². The fourth-order valence-corrected chi connectivity index (χ4v) is 3.95. The van der Waals surface area contributed by atoms with Crippen molar-refractivity contribution in [2.24, 2.45) is 0 Å². The average molecular weight is 304 g/mol. The number of fused-ring (bicyclic) bond motifs is 1. The van der Waals surface area contributed by atoms with Gasteiger partial charge in [0.15, 0.2) is 0 Å². The van der Waals surface area contributed by atoms with Crippen molar-refractivity contribution >= 4 is 11.3 Å². The highest BCUT2D eigenvalue weighted by Crippen LogP contribution is 2.33. The summed E-state index contributed by atoms with van der Waals surface area (Å²) in [5, 5.41) is 5.63. The molecule has 0 radical (unpaired) electrons. The maximum absolute atomic E-state index is 5.74. The Balaban J connectivity index is 1.60. The fourth-order valence-electron chi connectivity index (χ4n) is 2.99. The predicted octanol–water partition coefficient (Wildman–Crippen LogP) is 3.96. The number of hydrogen-bond donors (Lipinski definition) is 1. The third kappa shape index (κ3) is 3.39. The number of hydrogen-bond acceptors (Lipinski definition) is 4. The number of nitrogens with one attached hydrogen (secondary N) is 1. The van der Waals surface area contributed by atoms with Crippen molar-refractivity contribution in [3.63, 3.8) is 0 Å².